The smallest absolute Gasteiger partial charge is 0.261 e. The summed E-state index contributed by atoms with van der Waals surface area (Å²) in [5, 5.41) is 6.09. The zero-order valence-corrected chi connectivity index (χ0v) is 11.1. The topological polar surface area (TPSA) is 50.4 Å². The first-order chi connectivity index (χ1) is 9.66. The lowest BCUT2D eigenvalue weighted by Crippen LogP contribution is -2.19. The second-order valence-corrected chi connectivity index (χ2v) is 4.63. The number of carbonyl (C=O) groups excluding carboxylic acids is 1. The van der Waals surface area contributed by atoms with Crippen molar-refractivity contribution < 1.29 is 18.3 Å². The molecule has 6 heteroatoms. The van der Waals surface area contributed by atoms with Crippen LogP contribution in [0.1, 0.15) is 18.4 Å². The Morgan fingerprint density at radius 3 is 3.10 bits per heavy atom. The molecule has 0 spiro atoms. The summed E-state index contributed by atoms with van der Waals surface area (Å²) in [6.45, 7) is 0.313. The monoisotopic (exact) mass is 284 g/mol. The van der Waals surface area contributed by atoms with Crippen LogP contribution in [0.5, 0.6) is 0 Å². The quantitative estimate of drug-likeness (QED) is 0.790. The lowest BCUT2D eigenvalue weighted by atomic mass is 10.0. The van der Waals surface area contributed by atoms with E-state index in [0.717, 1.165) is 36.3 Å². The minimum Gasteiger partial charge on any atom is -0.385 e. The predicted octanol–water partition coefficient (Wildman–Crippen LogP) is 2.66. The van der Waals surface area contributed by atoms with Crippen molar-refractivity contribution in [1.29, 1.82) is 0 Å². The molecular formula is C14H18F2N2O2. The molecule has 1 aromatic rings. The fourth-order valence-corrected chi connectivity index (χ4v) is 2.18. The molecule has 1 aliphatic rings. The van der Waals surface area contributed by atoms with Crippen LogP contribution >= 0.6 is 0 Å². The average Bonchev–Trinajstić information content (AvgIpc) is 2.44. The summed E-state index contributed by atoms with van der Waals surface area (Å²) < 4.78 is 28.4. The molecule has 20 heavy (non-hydrogen) atoms. The first kappa shape index (κ1) is 14.7. The van der Waals surface area contributed by atoms with Crippen LogP contribution in [0.2, 0.25) is 0 Å². The lowest BCUT2D eigenvalue weighted by molar-refractivity contribution is -0.117. The molecule has 2 N–H and O–H groups in total. The van der Waals surface area contributed by atoms with Crippen LogP contribution in [0.25, 0.3) is 0 Å². The van der Waals surface area contributed by atoms with Crippen LogP contribution in [-0.4, -0.2) is 32.1 Å². The van der Waals surface area contributed by atoms with Crippen LogP contribution in [0, 0.1) is 0 Å². The first-order valence-corrected chi connectivity index (χ1v) is 6.68. The maximum atomic E-state index is 11.9. The first-order valence-electron chi connectivity index (χ1n) is 6.68. The number of alkyl halides is 2. The van der Waals surface area contributed by atoms with Gasteiger partial charge in [0.25, 0.3) is 6.43 Å². The molecule has 0 aliphatic carbocycles. The summed E-state index contributed by atoms with van der Waals surface area (Å²) in [5.41, 5.74) is 2.93. The number of hydrogen-bond acceptors (Lipinski definition) is 3. The van der Waals surface area contributed by atoms with Crippen LogP contribution in [0.15, 0.2) is 18.2 Å². The standard InChI is InChI=1S/C14H18F2N2O2/c15-13(16)9-20-8-6-14(19)18-12-5-1-4-11-10(12)3-2-7-17-11/h1,4-5,13,17H,2-3,6-9H2,(H,18,19). The highest BCUT2D eigenvalue weighted by atomic mass is 19.3. The Labute approximate surface area is 116 Å². The molecule has 0 atom stereocenters. The number of nitrogens with one attached hydrogen (secondary N) is 2. The van der Waals surface area contributed by atoms with E-state index < -0.39 is 13.0 Å². The Balaban J connectivity index is 1.85. The summed E-state index contributed by atoms with van der Waals surface area (Å²) >= 11 is 0. The molecule has 0 radical (unpaired) electrons. The Kier molecular flexibility index (Phi) is 5.29. The van der Waals surface area contributed by atoms with Gasteiger partial charge in [-0.1, -0.05) is 6.07 Å². The zero-order chi connectivity index (χ0) is 14.4. The average molecular weight is 284 g/mol. The summed E-state index contributed by atoms with van der Waals surface area (Å²) in [6.07, 6.45) is -0.479. The number of fused-ring (bicyclic) bond motifs is 1. The summed E-state index contributed by atoms with van der Waals surface area (Å²) in [7, 11) is 0. The van der Waals surface area contributed by atoms with E-state index in [-0.39, 0.29) is 18.9 Å². The van der Waals surface area contributed by atoms with E-state index in [9.17, 15) is 13.6 Å². The van der Waals surface area contributed by atoms with Crippen molar-refractivity contribution in [3.63, 3.8) is 0 Å². The molecule has 1 amide bonds. The number of halogens is 2. The molecule has 0 saturated heterocycles. The molecular weight excluding hydrogens is 266 g/mol. The van der Waals surface area contributed by atoms with Gasteiger partial charge in [-0.2, -0.15) is 0 Å². The van der Waals surface area contributed by atoms with Crippen molar-refractivity contribution in [3.05, 3.63) is 23.8 Å². The minimum absolute atomic E-state index is 0.00342. The Morgan fingerprint density at radius 1 is 1.45 bits per heavy atom. The third-order valence-corrected chi connectivity index (χ3v) is 3.09. The maximum Gasteiger partial charge on any atom is 0.261 e. The highest BCUT2D eigenvalue weighted by Gasteiger charge is 2.14. The van der Waals surface area contributed by atoms with Gasteiger partial charge in [-0.25, -0.2) is 8.78 Å². The summed E-state index contributed by atoms with van der Waals surface area (Å²) in [4.78, 5) is 11.7. The van der Waals surface area contributed by atoms with Gasteiger partial charge in [-0.05, 0) is 30.5 Å². The number of amides is 1. The van der Waals surface area contributed by atoms with Crippen LogP contribution in [0.4, 0.5) is 20.2 Å². The maximum absolute atomic E-state index is 11.9. The molecule has 1 aromatic carbocycles. The van der Waals surface area contributed by atoms with Gasteiger partial charge >= 0.3 is 0 Å². The molecule has 1 aliphatic heterocycles. The molecule has 110 valence electrons. The highest BCUT2D eigenvalue weighted by Crippen LogP contribution is 2.28. The third-order valence-electron chi connectivity index (χ3n) is 3.09. The number of hydrogen-bond donors (Lipinski definition) is 2. The van der Waals surface area contributed by atoms with Gasteiger partial charge in [-0.15, -0.1) is 0 Å². The largest absolute Gasteiger partial charge is 0.385 e. The van der Waals surface area contributed by atoms with E-state index in [1.165, 1.54) is 0 Å². The van der Waals surface area contributed by atoms with Crippen LogP contribution in [-0.2, 0) is 16.0 Å². The van der Waals surface area contributed by atoms with Gasteiger partial charge in [0.2, 0.25) is 5.91 Å². The lowest BCUT2D eigenvalue weighted by Gasteiger charge is -2.21. The molecule has 2 rings (SSSR count). The fraction of sp³-hybridized carbons (Fsp3) is 0.500. The normalized spacial score (nSPS) is 13.8. The highest BCUT2D eigenvalue weighted by molar-refractivity contribution is 5.92. The second-order valence-electron chi connectivity index (χ2n) is 4.63. The van der Waals surface area contributed by atoms with Gasteiger partial charge in [0.15, 0.2) is 0 Å². The van der Waals surface area contributed by atoms with Crippen molar-refractivity contribution in [1.82, 2.24) is 0 Å². The molecule has 4 nitrogen and oxygen atoms in total. The van der Waals surface area contributed by atoms with Crippen molar-refractivity contribution in [2.45, 2.75) is 25.7 Å². The van der Waals surface area contributed by atoms with E-state index in [0.29, 0.717) is 0 Å². The zero-order valence-electron chi connectivity index (χ0n) is 11.1. The molecule has 0 saturated carbocycles. The fourth-order valence-electron chi connectivity index (χ4n) is 2.18. The minimum atomic E-state index is -2.50. The molecule has 1 heterocycles. The van der Waals surface area contributed by atoms with Gasteiger partial charge in [0.1, 0.15) is 6.61 Å². The number of ether oxygens (including phenoxy) is 1. The van der Waals surface area contributed by atoms with Gasteiger partial charge in [0.05, 0.1) is 13.0 Å². The van der Waals surface area contributed by atoms with E-state index in [1.807, 2.05) is 18.2 Å². The Bertz CT molecular complexity index is 466. The third kappa shape index (κ3) is 4.16. The SMILES string of the molecule is O=C(CCOCC(F)F)Nc1cccc2c1CCCN2. The van der Waals surface area contributed by atoms with E-state index in [1.54, 1.807) is 0 Å². The van der Waals surface area contributed by atoms with E-state index in [2.05, 4.69) is 10.6 Å². The molecule has 0 fully saturated rings. The second kappa shape index (κ2) is 7.19. The van der Waals surface area contributed by atoms with E-state index in [4.69, 9.17) is 4.74 Å². The Hall–Kier alpha value is -1.69. The molecule has 0 bridgehead atoms. The van der Waals surface area contributed by atoms with Crippen molar-refractivity contribution >= 4 is 17.3 Å². The summed E-state index contributed by atoms with van der Waals surface area (Å²) in [6, 6.07) is 5.71. The molecule has 0 aromatic heterocycles. The predicted molar refractivity (Wildman–Crippen MR) is 73.3 cm³/mol. The van der Waals surface area contributed by atoms with Crippen LogP contribution < -0.4 is 10.6 Å². The van der Waals surface area contributed by atoms with Crippen molar-refractivity contribution in [2.75, 3.05) is 30.4 Å². The number of carbonyl (C=O) groups is 1. The summed E-state index contributed by atoms with van der Waals surface area (Å²) in [5.74, 6) is -0.224. The van der Waals surface area contributed by atoms with Gasteiger partial charge in [0, 0.05) is 17.9 Å². The van der Waals surface area contributed by atoms with E-state index >= 15 is 0 Å². The van der Waals surface area contributed by atoms with Crippen molar-refractivity contribution in [3.8, 4) is 0 Å². The van der Waals surface area contributed by atoms with Gasteiger partial charge < -0.3 is 15.4 Å². The van der Waals surface area contributed by atoms with Crippen molar-refractivity contribution in [2.24, 2.45) is 0 Å². The number of benzene rings is 1. The number of anilines is 2. The van der Waals surface area contributed by atoms with Gasteiger partial charge in [-0.3, -0.25) is 4.79 Å². The van der Waals surface area contributed by atoms with Crippen LogP contribution in [0.3, 0.4) is 0 Å². The molecule has 0 unspecified atom stereocenters. The number of rotatable bonds is 6. The Morgan fingerprint density at radius 2 is 2.30 bits per heavy atom.